The van der Waals surface area contributed by atoms with Gasteiger partial charge in [-0.2, -0.15) is 13.2 Å². The summed E-state index contributed by atoms with van der Waals surface area (Å²) in [6, 6.07) is -1.50. The van der Waals surface area contributed by atoms with Crippen molar-refractivity contribution in [3.8, 4) is 0 Å². The summed E-state index contributed by atoms with van der Waals surface area (Å²) in [6.07, 6.45) is -2.04. The van der Waals surface area contributed by atoms with Gasteiger partial charge in [-0.15, -0.1) is 0 Å². The second-order valence-corrected chi connectivity index (χ2v) is 2.88. The largest absolute Gasteiger partial charge is 0.405 e. The Morgan fingerprint density at radius 3 is 2.00 bits per heavy atom. The molecule has 0 aromatic carbocycles. The van der Waals surface area contributed by atoms with Gasteiger partial charge in [0.2, 0.25) is 0 Å². The lowest BCUT2D eigenvalue weighted by Gasteiger charge is -2.34. The van der Waals surface area contributed by atoms with Crippen molar-refractivity contribution in [2.24, 2.45) is 11.8 Å². The highest BCUT2D eigenvalue weighted by atomic mass is 19.4. The summed E-state index contributed by atoms with van der Waals surface area (Å²) in [7, 11) is 0. The summed E-state index contributed by atoms with van der Waals surface area (Å²) < 4.78 is 36.1. The molecule has 0 heterocycles. The van der Waals surface area contributed by atoms with E-state index in [1.807, 2.05) is 5.43 Å². The van der Waals surface area contributed by atoms with Crippen LogP contribution >= 0.6 is 0 Å². The van der Waals surface area contributed by atoms with Gasteiger partial charge in [-0.1, -0.05) is 6.42 Å². The Morgan fingerprint density at radius 2 is 1.91 bits per heavy atom. The Kier molecular flexibility index (Phi) is 2.39. The molecule has 3 N–H and O–H groups in total. The lowest BCUT2D eigenvalue weighted by atomic mass is 9.80. The van der Waals surface area contributed by atoms with Crippen LogP contribution in [0.2, 0.25) is 0 Å². The van der Waals surface area contributed by atoms with Crippen LogP contribution < -0.4 is 11.3 Å². The SMILES string of the molecule is NNC(C1CCC1)C(F)(F)F. The number of halogens is 3. The van der Waals surface area contributed by atoms with Crippen molar-refractivity contribution in [2.45, 2.75) is 31.5 Å². The Hall–Kier alpha value is -0.290. The molecule has 66 valence electrons. The standard InChI is InChI=1S/C6H11F3N2/c7-6(8,9)5(11-10)4-2-1-3-4/h4-5,11H,1-3,10H2. The number of nitrogens with two attached hydrogens (primary N) is 1. The maximum absolute atomic E-state index is 12.0. The first-order valence-corrected chi connectivity index (χ1v) is 3.58. The minimum absolute atomic E-state index is 0.306. The third-order valence-electron chi connectivity index (χ3n) is 2.15. The molecule has 1 atom stereocenters. The van der Waals surface area contributed by atoms with Crippen molar-refractivity contribution in [1.82, 2.24) is 5.43 Å². The molecule has 11 heavy (non-hydrogen) atoms. The van der Waals surface area contributed by atoms with Gasteiger partial charge in [0.15, 0.2) is 0 Å². The van der Waals surface area contributed by atoms with E-state index >= 15 is 0 Å². The molecule has 0 bridgehead atoms. The van der Waals surface area contributed by atoms with Crippen LogP contribution in [-0.4, -0.2) is 12.2 Å². The van der Waals surface area contributed by atoms with E-state index in [0.29, 0.717) is 12.8 Å². The molecule has 0 aromatic rings. The van der Waals surface area contributed by atoms with E-state index in [1.54, 1.807) is 0 Å². The molecule has 0 radical (unpaired) electrons. The minimum Gasteiger partial charge on any atom is -0.271 e. The van der Waals surface area contributed by atoms with Crippen molar-refractivity contribution >= 4 is 0 Å². The maximum Gasteiger partial charge on any atom is 0.405 e. The van der Waals surface area contributed by atoms with Crippen LogP contribution in [0.25, 0.3) is 0 Å². The van der Waals surface area contributed by atoms with Gasteiger partial charge in [-0.05, 0) is 18.8 Å². The van der Waals surface area contributed by atoms with Crippen molar-refractivity contribution in [3.63, 3.8) is 0 Å². The van der Waals surface area contributed by atoms with Crippen LogP contribution in [0.15, 0.2) is 0 Å². The zero-order chi connectivity index (χ0) is 8.48. The molecule has 1 unspecified atom stereocenters. The number of alkyl halides is 3. The van der Waals surface area contributed by atoms with Crippen LogP contribution in [0.5, 0.6) is 0 Å². The van der Waals surface area contributed by atoms with E-state index in [9.17, 15) is 13.2 Å². The minimum atomic E-state index is -4.19. The van der Waals surface area contributed by atoms with Crippen LogP contribution in [0.3, 0.4) is 0 Å². The Morgan fingerprint density at radius 1 is 1.36 bits per heavy atom. The highest BCUT2D eigenvalue weighted by Crippen LogP contribution is 2.36. The molecule has 1 rings (SSSR count). The molecule has 0 amide bonds. The Bertz CT molecular complexity index is 130. The Labute approximate surface area is 62.9 Å². The fourth-order valence-corrected chi connectivity index (χ4v) is 1.27. The van der Waals surface area contributed by atoms with Crippen molar-refractivity contribution < 1.29 is 13.2 Å². The predicted molar refractivity (Wildman–Crippen MR) is 34.5 cm³/mol. The number of nitrogens with one attached hydrogen (secondary N) is 1. The highest BCUT2D eigenvalue weighted by Gasteiger charge is 2.45. The van der Waals surface area contributed by atoms with E-state index in [1.165, 1.54) is 0 Å². The van der Waals surface area contributed by atoms with Gasteiger partial charge in [0, 0.05) is 0 Å². The number of hydrogen-bond acceptors (Lipinski definition) is 2. The molecular formula is C6H11F3N2. The van der Waals surface area contributed by atoms with E-state index in [4.69, 9.17) is 5.84 Å². The van der Waals surface area contributed by atoms with E-state index in [-0.39, 0.29) is 5.92 Å². The Balaban J connectivity index is 2.48. The van der Waals surface area contributed by atoms with Crippen molar-refractivity contribution in [1.29, 1.82) is 0 Å². The van der Waals surface area contributed by atoms with Crippen molar-refractivity contribution in [3.05, 3.63) is 0 Å². The smallest absolute Gasteiger partial charge is 0.271 e. The van der Waals surface area contributed by atoms with Gasteiger partial charge in [-0.3, -0.25) is 5.84 Å². The molecular weight excluding hydrogens is 157 g/mol. The molecule has 0 aromatic heterocycles. The highest BCUT2D eigenvalue weighted by molar-refractivity contribution is 4.86. The summed E-state index contributed by atoms with van der Waals surface area (Å²) in [5.74, 6) is 4.49. The summed E-state index contributed by atoms with van der Waals surface area (Å²) >= 11 is 0. The van der Waals surface area contributed by atoms with Crippen molar-refractivity contribution in [2.75, 3.05) is 0 Å². The average molecular weight is 168 g/mol. The first-order chi connectivity index (χ1) is 5.05. The van der Waals surface area contributed by atoms with Gasteiger partial charge in [0.05, 0.1) is 0 Å². The van der Waals surface area contributed by atoms with Crippen LogP contribution in [0, 0.1) is 5.92 Å². The third-order valence-corrected chi connectivity index (χ3v) is 2.15. The predicted octanol–water partition coefficient (Wildman–Crippen LogP) is 1.18. The van der Waals surface area contributed by atoms with Gasteiger partial charge >= 0.3 is 6.18 Å². The topological polar surface area (TPSA) is 38.0 Å². The van der Waals surface area contributed by atoms with Gasteiger partial charge in [0.25, 0.3) is 0 Å². The lowest BCUT2D eigenvalue weighted by molar-refractivity contribution is -0.174. The number of hydrogen-bond donors (Lipinski definition) is 2. The monoisotopic (exact) mass is 168 g/mol. The summed E-state index contributed by atoms with van der Waals surface area (Å²) in [6.45, 7) is 0. The first kappa shape index (κ1) is 8.80. The van der Waals surface area contributed by atoms with Crippen LogP contribution in [0.4, 0.5) is 13.2 Å². The van der Waals surface area contributed by atoms with E-state index in [0.717, 1.165) is 6.42 Å². The van der Waals surface area contributed by atoms with Gasteiger partial charge < -0.3 is 0 Å². The normalized spacial score (nSPS) is 22.9. The quantitative estimate of drug-likeness (QED) is 0.480. The molecule has 1 saturated carbocycles. The molecule has 1 fully saturated rings. The van der Waals surface area contributed by atoms with Gasteiger partial charge in [-0.25, -0.2) is 5.43 Å². The molecule has 5 heteroatoms. The van der Waals surface area contributed by atoms with Crippen LogP contribution in [-0.2, 0) is 0 Å². The summed E-state index contributed by atoms with van der Waals surface area (Å²) in [5, 5.41) is 0. The molecule has 1 aliphatic carbocycles. The van der Waals surface area contributed by atoms with E-state index < -0.39 is 12.2 Å². The second kappa shape index (κ2) is 2.98. The number of hydrazine groups is 1. The molecule has 1 aliphatic rings. The molecule has 2 nitrogen and oxygen atoms in total. The second-order valence-electron chi connectivity index (χ2n) is 2.88. The van der Waals surface area contributed by atoms with E-state index in [2.05, 4.69) is 0 Å². The molecule has 0 spiro atoms. The zero-order valence-corrected chi connectivity index (χ0v) is 5.99. The third kappa shape index (κ3) is 1.84. The first-order valence-electron chi connectivity index (χ1n) is 3.58. The fraction of sp³-hybridized carbons (Fsp3) is 1.00. The summed E-state index contributed by atoms with van der Waals surface area (Å²) in [5.41, 5.74) is 1.82. The molecule has 0 aliphatic heterocycles. The molecule has 0 saturated heterocycles. The maximum atomic E-state index is 12.0. The van der Waals surface area contributed by atoms with Crippen LogP contribution in [0.1, 0.15) is 19.3 Å². The fourth-order valence-electron chi connectivity index (χ4n) is 1.27. The zero-order valence-electron chi connectivity index (χ0n) is 5.99. The average Bonchev–Trinajstić information content (AvgIpc) is 1.74. The van der Waals surface area contributed by atoms with Gasteiger partial charge in [0.1, 0.15) is 6.04 Å². The lowest BCUT2D eigenvalue weighted by Crippen LogP contribution is -2.52. The number of rotatable bonds is 2. The summed E-state index contributed by atoms with van der Waals surface area (Å²) in [4.78, 5) is 0.